The molecule has 0 radical (unpaired) electrons. The minimum absolute atomic E-state index is 0.138. The van der Waals surface area contributed by atoms with E-state index >= 15 is 0 Å². The molecule has 1 saturated heterocycles. The van der Waals surface area contributed by atoms with Crippen molar-refractivity contribution in [2.45, 2.75) is 25.4 Å². The molecule has 132 valence electrons. The standard InChI is InChI=1S/C19H22N2O4/c1-24-18-9-8-15(12-19(18)25-2)17-7-4-10-20(17)13-14-5-3-6-16(11-14)21(22)23/h3,5-6,8-9,11-12,17H,4,7,10,13H2,1-2H3/t17-/m1/s1. The summed E-state index contributed by atoms with van der Waals surface area (Å²) in [5.41, 5.74) is 2.28. The van der Waals surface area contributed by atoms with Gasteiger partial charge in [0, 0.05) is 24.7 Å². The van der Waals surface area contributed by atoms with Crippen LogP contribution in [0.1, 0.15) is 30.0 Å². The fraction of sp³-hybridized carbons (Fsp3) is 0.368. The first-order chi connectivity index (χ1) is 12.1. The lowest BCUT2D eigenvalue weighted by atomic mass is 10.0. The Hall–Kier alpha value is -2.60. The molecule has 3 rings (SSSR count). The second kappa shape index (κ2) is 7.53. The van der Waals surface area contributed by atoms with Gasteiger partial charge in [0.05, 0.1) is 19.1 Å². The van der Waals surface area contributed by atoms with E-state index in [1.807, 2.05) is 18.2 Å². The lowest BCUT2D eigenvalue weighted by molar-refractivity contribution is -0.384. The van der Waals surface area contributed by atoms with Crippen molar-refractivity contribution in [1.82, 2.24) is 4.90 Å². The van der Waals surface area contributed by atoms with Gasteiger partial charge in [0.1, 0.15) is 0 Å². The molecule has 0 unspecified atom stereocenters. The van der Waals surface area contributed by atoms with Crippen LogP contribution in [0.4, 0.5) is 5.69 Å². The maximum atomic E-state index is 11.0. The van der Waals surface area contributed by atoms with Gasteiger partial charge < -0.3 is 9.47 Å². The van der Waals surface area contributed by atoms with E-state index in [0.717, 1.165) is 36.4 Å². The van der Waals surface area contributed by atoms with E-state index in [-0.39, 0.29) is 16.7 Å². The normalized spacial score (nSPS) is 17.4. The van der Waals surface area contributed by atoms with E-state index in [2.05, 4.69) is 11.0 Å². The molecule has 0 saturated carbocycles. The Balaban J connectivity index is 1.81. The molecule has 0 aromatic heterocycles. The van der Waals surface area contributed by atoms with Gasteiger partial charge in [0.2, 0.25) is 0 Å². The molecule has 0 N–H and O–H groups in total. The van der Waals surface area contributed by atoms with Crippen LogP contribution in [0, 0.1) is 10.1 Å². The fourth-order valence-corrected chi connectivity index (χ4v) is 3.46. The summed E-state index contributed by atoms with van der Waals surface area (Å²) in [6.07, 6.45) is 2.17. The van der Waals surface area contributed by atoms with Gasteiger partial charge in [0.15, 0.2) is 11.5 Å². The van der Waals surface area contributed by atoms with Gasteiger partial charge in [-0.25, -0.2) is 0 Å². The van der Waals surface area contributed by atoms with Crippen LogP contribution in [0.5, 0.6) is 11.5 Å². The fourth-order valence-electron chi connectivity index (χ4n) is 3.46. The summed E-state index contributed by atoms with van der Waals surface area (Å²) in [5, 5.41) is 11.0. The quantitative estimate of drug-likeness (QED) is 0.587. The van der Waals surface area contributed by atoms with Gasteiger partial charge in [-0.2, -0.15) is 0 Å². The molecule has 6 nitrogen and oxygen atoms in total. The zero-order chi connectivity index (χ0) is 17.8. The Bertz CT molecular complexity index is 763. The number of nitro benzene ring substituents is 1. The molecule has 0 amide bonds. The topological polar surface area (TPSA) is 64.8 Å². The van der Waals surface area contributed by atoms with Crippen LogP contribution in [0.2, 0.25) is 0 Å². The SMILES string of the molecule is COc1ccc([C@H]2CCCN2Cc2cccc([N+](=O)[O-])c2)cc1OC. The van der Waals surface area contributed by atoms with Gasteiger partial charge in [0.25, 0.3) is 5.69 Å². The summed E-state index contributed by atoms with van der Waals surface area (Å²) < 4.78 is 10.7. The summed E-state index contributed by atoms with van der Waals surface area (Å²) >= 11 is 0. The second-order valence-corrected chi connectivity index (χ2v) is 6.17. The van der Waals surface area contributed by atoms with Crippen molar-refractivity contribution in [3.8, 4) is 11.5 Å². The molecule has 0 spiro atoms. The van der Waals surface area contributed by atoms with Crippen molar-refractivity contribution in [3.63, 3.8) is 0 Å². The van der Waals surface area contributed by atoms with E-state index in [4.69, 9.17) is 9.47 Å². The number of hydrogen-bond donors (Lipinski definition) is 0. The van der Waals surface area contributed by atoms with Crippen LogP contribution in [0.15, 0.2) is 42.5 Å². The molecule has 1 fully saturated rings. The predicted octanol–water partition coefficient (Wildman–Crippen LogP) is 3.95. The molecular weight excluding hydrogens is 320 g/mol. The number of benzene rings is 2. The first-order valence-corrected chi connectivity index (χ1v) is 8.31. The van der Waals surface area contributed by atoms with Crippen molar-refractivity contribution in [1.29, 1.82) is 0 Å². The Morgan fingerprint density at radius 2 is 1.96 bits per heavy atom. The Labute approximate surface area is 147 Å². The average molecular weight is 342 g/mol. The average Bonchev–Trinajstić information content (AvgIpc) is 3.09. The monoisotopic (exact) mass is 342 g/mol. The first kappa shape index (κ1) is 17.2. The smallest absolute Gasteiger partial charge is 0.269 e. The van der Waals surface area contributed by atoms with Gasteiger partial charge in [-0.3, -0.25) is 15.0 Å². The molecule has 0 aliphatic carbocycles. The Morgan fingerprint density at radius 3 is 2.68 bits per heavy atom. The van der Waals surface area contributed by atoms with Crippen LogP contribution in [-0.2, 0) is 6.54 Å². The third-order valence-corrected chi connectivity index (χ3v) is 4.66. The minimum atomic E-state index is -0.348. The highest BCUT2D eigenvalue weighted by atomic mass is 16.6. The highest BCUT2D eigenvalue weighted by molar-refractivity contribution is 5.44. The van der Waals surface area contributed by atoms with E-state index < -0.39 is 0 Å². The van der Waals surface area contributed by atoms with E-state index in [0.29, 0.717) is 6.54 Å². The maximum Gasteiger partial charge on any atom is 0.269 e. The van der Waals surface area contributed by atoms with E-state index in [1.54, 1.807) is 26.4 Å². The number of nitrogens with zero attached hydrogens (tertiary/aromatic N) is 2. The summed E-state index contributed by atoms with van der Waals surface area (Å²) in [6.45, 7) is 1.67. The molecule has 1 heterocycles. The van der Waals surface area contributed by atoms with Crippen LogP contribution < -0.4 is 9.47 Å². The highest BCUT2D eigenvalue weighted by Gasteiger charge is 2.27. The predicted molar refractivity (Wildman–Crippen MR) is 95.0 cm³/mol. The number of rotatable bonds is 6. The second-order valence-electron chi connectivity index (χ2n) is 6.17. The molecule has 6 heteroatoms. The molecule has 0 bridgehead atoms. The first-order valence-electron chi connectivity index (χ1n) is 8.31. The molecule has 2 aromatic carbocycles. The van der Waals surface area contributed by atoms with Gasteiger partial charge >= 0.3 is 0 Å². The Morgan fingerprint density at radius 1 is 1.16 bits per heavy atom. The molecular formula is C19H22N2O4. The molecule has 1 aliphatic heterocycles. The number of ether oxygens (including phenoxy) is 2. The molecule has 1 aliphatic rings. The van der Waals surface area contributed by atoms with Gasteiger partial charge in [-0.15, -0.1) is 0 Å². The van der Waals surface area contributed by atoms with Crippen molar-refractivity contribution in [2.24, 2.45) is 0 Å². The zero-order valence-electron chi connectivity index (χ0n) is 14.5. The van der Waals surface area contributed by atoms with Crippen LogP contribution in [0.3, 0.4) is 0 Å². The highest BCUT2D eigenvalue weighted by Crippen LogP contribution is 2.37. The van der Waals surface area contributed by atoms with Crippen molar-refractivity contribution in [2.75, 3.05) is 20.8 Å². The van der Waals surface area contributed by atoms with Gasteiger partial charge in [-0.05, 0) is 42.6 Å². The molecule has 1 atom stereocenters. The Kier molecular flexibility index (Phi) is 5.19. The van der Waals surface area contributed by atoms with Crippen molar-refractivity contribution in [3.05, 3.63) is 63.7 Å². The van der Waals surface area contributed by atoms with Crippen LogP contribution >= 0.6 is 0 Å². The lowest BCUT2D eigenvalue weighted by Crippen LogP contribution is -2.22. The van der Waals surface area contributed by atoms with E-state index in [9.17, 15) is 10.1 Å². The van der Waals surface area contributed by atoms with Crippen LogP contribution in [-0.4, -0.2) is 30.6 Å². The zero-order valence-corrected chi connectivity index (χ0v) is 14.5. The number of nitro groups is 1. The lowest BCUT2D eigenvalue weighted by Gasteiger charge is -2.25. The largest absolute Gasteiger partial charge is 0.493 e. The van der Waals surface area contributed by atoms with Crippen molar-refractivity contribution >= 4 is 5.69 Å². The number of hydrogen-bond acceptors (Lipinski definition) is 5. The third kappa shape index (κ3) is 3.74. The third-order valence-electron chi connectivity index (χ3n) is 4.66. The number of non-ortho nitro benzene ring substituents is 1. The minimum Gasteiger partial charge on any atom is -0.493 e. The number of likely N-dealkylation sites (tertiary alicyclic amines) is 1. The maximum absolute atomic E-state index is 11.0. The summed E-state index contributed by atoms with van der Waals surface area (Å²) in [7, 11) is 3.26. The summed E-state index contributed by atoms with van der Waals surface area (Å²) in [6, 6.07) is 13.2. The number of methoxy groups -OCH3 is 2. The summed E-state index contributed by atoms with van der Waals surface area (Å²) in [5.74, 6) is 1.44. The van der Waals surface area contributed by atoms with Crippen molar-refractivity contribution < 1.29 is 14.4 Å². The molecule has 2 aromatic rings. The molecule has 25 heavy (non-hydrogen) atoms. The van der Waals surface area contributed by atoms with E-state index in [1.165, 1.54) is 11.6 Å². The van der Waals surface area contributed by atoms with Crippen LogP contribution in [0.25, 0.3) is 0 Å². The van der Waals surface area contributed by atoms with Gasteiger partial charge in [-0.1, -0.05) is 18.2 Å². The summed E-state index contributed by atoms with van der Waals surface area (Å²) in [4.78, 5) is 13.0.